The smallest absolute Gasteiger partial charge is 0.191 e. The SMILES string of the molecule is CCNC(=NCc1nc2ccccc2n1C)NCC(C)Oc1ccc(F)cc1.I. The van der Waals surface area contributed by atoms with Crippen molar-refractivity contribution in [1.82, 2.24) is 20.2 Å². The Morgan fingerprint density at radius 2 is 1.90 bits per heavy atom. The van der Waals surface area contributed by atoms with Crippen LogP contribution in [0.2, 0.25) is 0 Å². The molecule has 3 aromatic rings. The van der Waals surface area contributed by atoms with Gasteiger partial charge >= 0.3 is 0 Å². The number of aromatic nitrogens is 2. The minimum Gasteiger partial charge on any atom is -0.489 e. The van der Waals surface area contributed by atoms with Crippen molar-refractivity contribution in [3.05, 3.63) is 60.2 Å². The molecule has 0 fully saturated rings. The zero-order valence-electron chi connectivity index (χ0n) is 16.9. The molecule has 156 valence electrons. The molecule has 0 amide bonds. The summed E-state index contributed by atoms with van der Waals surface area (Å²) in [6, 6.07) is 14.1. The minimum absolute atomic E-state index is 0. The number of para-hydroxylation sites is 2. The Labute approximate surface area is 187 Å². The molecule has 1 unspecified atom stereocenters. The first-order chi connectivity index (χ1) is 13.6. The summed E-state index contributed by atoms with van der Waals surface area (Å²) >= 11 is 0. The highest BCUT2D eigenvalue weighted by Gasteiger charge is 2.09. The number of guanidine groups is 1. The normalized spacial score (nSPS) is 12.3. The highest BCUT2D eigenvalue weighted by Crippen LogP contribution is 2.15. The Bertz CT molecular complexity index is 942. The summed E-state index contributed by atoms with van der Waals surface area (Å²) < 4.78 is 20.8. The zero-order chi connectivity index (χ0) is 19.9. The van der Waals surface area contributed by atoms with Gasteiger partial charge in [0.05, 0.1) is 17.6 Å². The number of hydrogen-bond donors (Lipinski definition) is 2. The van der Waals surface area contributed by atoms with Crippen LogP contribution in [-0.2, 0) is 13.6 Å². The van der Waals surface area contributed by atoms with E-state index in [0.29, 0.717) is 24.8 Å². The highest BCUT2D eigenvalue weighted by molar-refractivity contribution is 14.0. The maximum absolute atomic E-state index is 13.0. The van der Waals surface area contributed by atoms with E-state index in [-0.39, 0.29) is 35.9 Å². The summed E-state index contributed by atoms with van der Waals surface area (Å²) in [5.74, 6) is 1.96. The van der Waals surface area contributed by atoms with Gasteiger partial charge in [-0.3, -0.25) is 0 Å². The van der Waals surface area contributed by atoms with Crippen molar-refractivity contribution < 1.29 is 9.13 Å². The van der Waals surface area contributed by atoms with Crippen LogP contribution in [0.3, 0.4) is 0 Å². The van der Waals surface area contributed by atoms with Gasteiger partial charge in [-0.2, -0.15) is 0 Å². The molecule has 0 saturated carbocycles. The molecule has 6 nitrogen and oxygen atoms in total. The number of aryl methyl sites for hydroxylation is 1. The van der Waals surface area contributed by atoms with E-state index in [1.54, 1.807) is 12.1 Å². The number of imidazole rings is 1. The topological polar surface area (TPSA) is 63.5 Å². The monoisotopic (exact) mass is 511 g/mol. The molecular formula is C21H27FIN5O. The second kappa shape index (κ2) is 11.0. The van der Waals surface area contributed by atoms with Crippen molar-refractivity contribution in [2.45, 2.75) is 26.5 Å². The van der Waals surface area contributed by atoms with Crippen molar-refractivity contribution in [3.8, 4) is 5.75 Å². The van der Waals surface area contributed by atoms with E-state index in [0.717, 1.165) is 23.4 Å². The van der Waals surface area contributed by atoms with Gasteiger partial charge in [-0.25, -0.2) is 14.4 Å². The predicted molar refractivity (Wildman–Crippen MR) is 125 cm³/mol. The van der Waals surface area contributed by atoms with Gasteiger partial charge in [-0.1, -0.05) is 12.1 Å². The molecule has 8 heteroatoms. The fourth-order valence-corrected chi connectivity index (χ4v) is 2.86. The number of ether oxygens (including phenoxy) is 1. The van der Waals surface area contributed by atoms with Gasteiger partial charge in [0, 0.05) is 13.6 Å². The first-order valence-electron chi connectivity index (χ1n) is 9.41. The first kappa shape index (κ1) is 22.9. The van der Waals surface area contributed by atoms with Crippen molar-refractivity contribution >= 4 is 41.0 Å². The second-order valence-electron chi connectivity index (χ2n) is 6.53. The van der Waals surface area contributed by atoms with Crippen molar-refractivity contribution in [3.63, 3.8) is 0 Å². The molecule has 0 radical (unpaired) electrons. The minimum atomic E-state index is -0.276. The predicted octanol–water partition coefficient (Wildman–Crippen LogP) is 3.85. The van der Waals surface area contributed by atoms with Crippen molar-refractivity contribution in [2.24, 2.45) is 12.0 Å². The number of benzene rings is 2. The Morgan fingerprint density at radius 1 is 1.17 bits per heavy atom. The van der Waals surface area contributed by atoms with Crippen molar-refractivity contribution in [1.29, 1.82) is 0 Å². The summed E-state index contributed by atoms with van der Waals surface area (Å²) in [5, 5.41) is 6.51. The molecule has 0 aliphatic carbocycles. The number of hydrogen-bond acceptors (Lipinski definition) is 3. The average molecular weight is 511 g/mol. The lowest BCUT2D eigenvalue weighted by molar-refractivity contribution is 0.223. The molecule has 2 N–H and O–H groups in total. The van der Waals surface area contributed by atoms with Crippen LogP contribution in [0.4, 0.5) is 4.39 Å². The molecule has 1 aromatic heterocycles. The Hall–Kier alpha value is -2.36. The van der Waals surface area contributed by atoms with Crippen LogP contribution in [0.1, 0.15) is 19.7 Å². The van der Waals surface area contributed by atoms with Crippen LogP contribution in [0, 0.1) is 5.82 Å². The quantitative estimate of drug-likeness (QED) is 0.288. The van der Waals surface area contributed by atoms with E-state index >= 15 is 0 Å². The highest BCUT2D eigenvalue weighted by atomic mass is 127. The number of fused-ring (bicyclic) bond motifs is 1. The van der Waals surface area contributed by atoms with E-state index in [2.05, 4.69) is 25.2 Å². The van der Waals surface area contributed by atoms with Crippen LogP contribution in [0.5, 0.6) is 5.75 Å². The molecule has 0 saturated heterocycles. The molecule has 0 aliphatic heterocycles. The van der Waals surface area contributed by atoms with Gasteiger partial charge in [0.1, 0.15) is 30.0 Å². The van der Waals surface area contributed by atoms with Crippen LogP contribution in [-0.4, -0.2) is 34.7 Å². The number of rotatable bonds is 7. The summed E-state index contributed by atoms with van der Waals surface area (Å²) in [4.78, 5) is 9.28. The average Bonchev–Trinajstić information content (AvgIpc) is 3.02. The molecule has 29 heavy (non-hydrogen) atoms. The third-order valence-electron chi connectivity index (χ3n) is 4.31. The summed E-state index contributed by atoms with van der Waals surface area (Å²) in [6.45, 7) is 5.75. The molecule has 3 rings (SSSR count). The van der Waals surface area contributed by atoms with Gasteiger partial charge in [0.25, 0.3) is 0 Å². The summed E-state index contributed by atoms with van der Waals surface area (Å²) in [6.07, 6.45) is -0.106. The summed E-state index contributed by atoms with van der Waals surface area (Å²) in [7, 11) is 2.00. The Kier molecular flexibility index (Phi) is 8.69. The lowest BCUT2D eigenvalue weighted by atomic mass is 10.3. The Balaban J connectivity index is 0.00000300. The standard InChI is InChI=1S/C21H26FN5O.HI/c1-4-23-21(24-13-15(2)28-17-11-9-16(22)10-12-17)25-14-20-26-18-7-5-6-8-19(18)27(20)3;/h5-12,15H,4,13-14H2,1-3H3,(H2,23,24,25);1H. The van der Waals surface area contributed by atoms with Crippen LogP contribution in [0.25, 0.3) is 11.0 Å². The number of nitrogens with zero attached hydrogens (tertiary/aromatic N) is 3. The maximum Gasteiger partial charge on any atom is 0.191 e. The third-order valence-corrected chi connectivity index (χ3v) is 4.31. The maximum atomic E-state index is 13.0. The van der Waals surface area contributed by atoms with Gasteiger partial charge in [-0.05, 0) is 50.2 Å². The molecule has 0 aliphatic rings. The molecular weight excluding hydrogens is 484 g/mol. The molecule has 0 spiro atoms. The number of aliphatic imine (C=N–C) groups is 1. The van der Waals surface area contributed by atoms with Crippen LogP contribution in [0.15, 0.2) is 53.5 Å². The lowest BCUT2D eigenvalue weighted by Crippen LogP contribution is -2.41. The first-order valence-corrected chi connectivity index (χ1v) is 9.41. The van der Waals surface area contributed by atoms with E-state index in [1.165, 1.54) is 12.1 Å². The van der Waals surface area contributed by atoms with Crippen LogP contribution >= 0.6 is 24.0 Å². The zero-order valence-corrected chi connectivity index (χ0v) is 19.2. The van der Waals surface area contributed by atoms with Gasteiger partial charge in [-0.15, -0.1) is 24.0 Å². The number of nitrogens with one attached hydrogen (secondary N) is 2. The van der Waals surface area contributed by atoms with Gasteiger partial charge in [0.2, 0.25) is 0 Å². The fourth-order valence-electron chi connectivity index (χ4n) is 2.86. The largest absolute Gasteiger partial charge is 0.489 e. The third kappa shape index (κ3) is 6.31. The van der Waals surface area contributed by atoms with Crippen LogP contribution < -0.4 is 15.4 Å². The van der Waals surface area contributed by atoms with Gasteiger partial charge < -0.3 is 19.9 Å². The summed E-state index contributed by atoms with van der Waals surface area (Å²) in [5.41, 5.74) is 2.06. The molecule has 1 heterocycles. The molecule has 0 bridgehead atoms. The van der Waals surface area contributed by atoms with E-state index in [9.17, 15) is 4.39 Å². The Morgan fingerprint density at radius 3 is 2.59 bits per heavy atom. The second-order valence-corrected chi connectivity index (χ2v) is 6.53. The van der Waals surface area contributed by atoms with Gasteiger partial charge in [0.15, 0.2) is 5.96 Å². The molecule has 1 atom stereocenters. The van der Waals surface area contributed by atoms with Crippen molar-refractivity contribution in [2.75, 3.05) is 13.1 Å². The fraction of sp³-hybridized carbons (Fsp3) is 0.333. The van der Waals surface area contributed by atoms with E-state index in [1.807, 2.05) is 45.2 Å². The lowest BCUT2D eigenvalue weighted by Gasteiger charge is -2.17. The van der Waals surface area contributed by atoms with E-state index < -0.39 is 0 Å². The molecule has 2 aromatic carbocycles. The van der Waals surface area contributed by atoms with E-state index in [4.69, 9.17) is 4.74 Å². The number of halogens is 2.